The van der Waals surface area contributed by atoms with Gasteiger partial charge in [0.1, 0.15) is 16.4 Å². The van der Waals surface area contributed by atoms with Crippen LogP contribution in [-0.4, -0.2) is 55.5 Å². The number of rotatable bonds is 12. The molecule has 3 aromatic rings. The van der Waals surface area contributed by atoms with Crippen LogP contribution in [0.5, 0.6) is 11.5 Å². The standard InChI is InChI=1S/C22H27N3O6S/c1-29-19-7-3-17(4-8-19)14-25(15-18-5-9-20(30-2)10-6-18)32(27,28)22-13-23-24-21(22)16-31-12-11-26/h3-10,13,26H,11-12,14-16H2,1-2H3,(H,23,24). The van der Waals surface area contributed by atoms with Crippen LogP contribution in [0.25, 0.3) is 0 Å². The summed E-state index contributed by atoms with van der Waals surface area (Å²) in [4.78, 5) is 0.0393. The molecule has 9 nitrogen and oxygen atoms in total. The van der Waals surface area contributed by atoms with Crippen LogP contribution < -0.4 is 9.47 Å². The molecule has 0 radical (unpaired) electrons. The number of ether oxygens (including phenoxy) is 3. The molecule has 0 saturated heterocycles. The van der Waals surface area contributed by atoms with Gasteiger partial charge in [-0.05, 0) is 35.4 Å². The highest BCUT2D eigenvalue weighted by molar-refractivity contribution is 7.89. The largest absolute Gasteiger partial charge is 0.497 e. The van der Waals surface area contributed by atoms with E-state index in [9.17, 15) is 8.42 Å². The fourth-order valence-electron chi connectivity index (χ4n) is 3.10. The number of nitrogens with one attached hydrogen (secondary N) is 1. The molecular formula is C22H27N3O6S. The highest BCUT2D eigenvalue weighted by Crippen LogP contribution is 2.25. The van der Waals surface area contributed by atoms with E-state index in [0.717, 1.165) is 11.1 Å². The number of aromatic nitrogens is 2. The van der Waals surface area contributed by atoms with Gasteiger partial charge in [0.05, 0.1) is 45.9 Å². The van der Waals surface area contributed by atoms with E-state index in [1.165, 1.54) is 10.5 Å². The Hall–Kier alpha value is -2.92. The lowest BCUT2D eigenvalue weighted by atomic mass is 10.2. The monoisotopic (exact) mass is 461 g/mol. The summed E-state index contributed by atoms with van der Waals surface area (Å²) in [6.07, 6.45) is 1.28. The smallest absolute Gasteiger partial charge is 0.247 e. The first-order valence-corrected chi connectivity index (χ1v) is 11.4. The Bertz CT molecular complexity index is 1030. The summed E-state index contributed by atoms with van der Waals surface area (Å²) in [6, 6.07) is 14.5. The van der Waals surface area contributed by atoms with Gasteiger partial charge in [-0.25, -0.2) is 8.42 Å². The number of H-pyrrole nitrogens is 1. The fourth-order valence-corrected chi connectivity index (χ4v) is 4.62. The van der Waals surface area contributed by atoms with Gasteiger partial charge >= 0.3 is 0 Å². The summed E-state index contributed by atoms with van der Waals surface area (Å²) < 4.78 is 44.3. The van der Waals surface area contributed by atoms with E-state index in [0.29, 0.717) is 17.2 Å². The Kier molecular flexibility index (Phi) is 8.23. The SMILES string of the molecule is COc1ccc(CN(Cc2ccc(OC)cc2)S(=O)(=O)c2cn[nH]c2COCCO)cc1. The lowest BCUT2D eigenvalue weighted by Crippen LogP contribution is -2.30. The zero-order chi connectivity index (χ0) is 23.0. The quantitative estimate of drug-likeness (QED) is 0.398. The van der Waals surface area contributed by atoms with E-state index in [4.69, 9.17) is 19.3 Å². The van der Waals surface area contributed by atoms with E-state index in [2.05, 4.69) is 10.2 Å². The van der Waals surface area contributed by atoms with Crippen molar-refractivity contribution in [2.45, 2.75) is 24.6 Å². The predicted octanol–water partition coefficient (Wildman–Crippen LogP) is 2.33. The average molecular weight is 462 g/mol. The molecule has 0 fully saturated rings. The molecule has 0 saturated carbocycles. The van der Waals surface area contributed by atoms with Crippen LogP contribution in [0.3, 0.4) is 0 Å². The van der Waals surface area contributed by atoms with Crippen LogP contribution in [0.15, 0.2) is 59.6 Å². The van der Waals surface area contributed by atoms with Crippen molar-refractivity contribution in [3.63, 3.8) is 0 Å². The molecule has 32 heavy (non-hydrogen) atoms. The Morgan fingerprint density at radius 2 is 1.47 bits per heavy atom. The third-order valence-corrected chi connectivity index (χ3v) is 6.66. The Morgan fingerprint density at radius 3 is 1.94 bits per heavy atom. The minimum absolute atomic E-state index is 0.00592. The summed E-state index contributed by atoms with van der Waals surface area (Å²) in [5, 5.41) is 15.5. The lowest BCUT2D eigenvalue weighted by molar-refractivity contribution is 0.0784. The molecule has 0 unspecified atom stereocenters. The number of benzene rings is 2. The summed E-state index contributed by atoms with van der Waals surface area (Å²) in [5.74, 6) is 1.38. The first kappa shape index (κ1) is 23.7. The molecule has 0 amide bonds. The molecule has 0 aliphatic carbocycles. The maximum Gasteiger partial charge on any atom is 0.247 e. The van der Waals surface area contributed by atoms with Gasteiger partial charge in [0.2, 0.25) is 10.0 Å². The molecule has 0 bridgehead atoms. The molecular weight excluding hydrogens is 434 g/mol. The second-order valence-corrected chi connectivity index (χ2v) is 8.86. The molecule has 2 N–H and O–H groups in total. The van der Waals surface area contributed by atoms with Crippen molar-refractivity contribution in [2.24, 2.45) is 0 Å². The van der Waals surface area contributed by atoms with Crippen molar-refractivity contribution in [3.8, 4) is 11.5 Å². The van der Waals surface area contributed by atoms with Crippen LogP contribution in [0.1, 0.15) is 16.8 Å². The van der Waals surface area contributed by atoms with Crippen LogP contribution in [0.2, 0.25) is 0 Å². The van der Waals surface area contributed by atoms with Gasteiger partial charge in [-0.3, -0.25) is 5.10 Å². The third kappa shape index (κ3) is 5.86. The second-order valence-electron chi connectivity index (χ2n) is 6.96. The van der Waals surface area contributed by atoms with Gasteiger partial charge in [0, 0.05) is 13.1 Å². The van der Waals surface area contributed by atoms with E-state index < -0.39 is 10.0 Å². The van der Waals surface area contributed by atoms with Crippen LogP contribution in [0, 0.1) is 0 Å². The van der Waals surface area contributed by atoms with E-state index in [1.54, 1.807) is 38.5 Å². The third-order valence-electron chi connectivity index (χ3n) is 4.81. The summed E-state index contributed by atoms with van der Waals surface area (Å²) in [7, 11) is -0.762. The molecule has 2 aromatic carbocycles. The number of hydrogen-bond donors (Lipinski definition) is 2. The molecule has 10 heteroatoms. The molecule has 172 valence electrons. The van der Waals surface area contributed by atoms with E-state index in [1.807, 2.05) is 24.3 Å². The van der Waals surface area contributed by atoms with Gasteiger partial charge < -0.3 is 19.3 Å². The van der Waals surface area contributed by atoms with Crippen LogP contribution >= 0.6 is 0 Å². The molecule has 0 aliphatic heterocycles. The Balaban J connectivity index is 1.91. The average Bonchev–Trinajstić information content (AvgIpc) is 3.29. The summed E-state index contributed by atoms with van der Waals surface area (Å²) in [5.41, 5.74) is 1.95. The predicted molar refractivity (Wildman–Crippen MR) is 118 cm³/mol. The number of hydrogen-bond acceptors (Lipinski definition) is 7. The summed E-state index contributed by atoms with van der Waals surface area (Å²) in [6.45, 7) is 0.242. The molecule has 0 atom stereocenters. The zero-order valence-corrected chi connectivity index (χ0v) is 18.8. The normalized spacial score (nSPS) is 11.6. The molecule has 1 aromatic heterocycles. The van der Waals surface area contributed by atoms with E-state index in [-0.39, 0.29) is 37.8 Å². The van der Waals surface area contributed by atoms with Gasteiger partial charge in [0.15, 0.2) is 0 Å². The number of aromatic amines is 1. The Morgan fingerprint density at radius 1 is 0.938 bits per heavy atom. The first-order valence-electron chi connectivity index (χ1n) is 9.94. The number of aliphatic hydroxyl groups excluding tert-OH is 1. The van der Waals surface area contributed by atoms with Crippen molar-refractivity contribution in [1.82, 2.24) is 14.5 Å². The zero-order valence-electron chi connectivity index (χ0n) is 18.0. The van der Waals surface area contributed by atoms with Crippen molar-refractivity contribution >= 4 is 10.0 Å². The molecule has 1 heterocycles. The van der Waals surface area contributed by atoms with Crippen LogP contribution in [0.4, 0.5) is 0 Å². The lowest BCUT2D eigenvalue weighted by Gasteiger charge is -2.23. The van der Waals surface area contributed by atoms with Gasteiger partial charge in [-0.2, -0.15) is 9.40 Å². The van der Waals surface area contributed by atoms with Crippen molar-refractivity contribution in [1.29, 1.82) is 0 Å². The van der Waals surface area contributed by atoms with Crippen molar-refractivity contribution in [3.05, 3.63) is 71.5 Å². The maximum atomic E-state index is 13.6. The number of aliphatic hydroxyl groups is 1. The first-order chi connectivity index (χ1) is 15.5. The van der Waals surface area contributed by atoms with Crippen molar-refractivity contribution in [2.75, 3.05) is 27.4 Å². The number of methoxy groups -OCH3 is 2. The highest BCUT2D eigenvalue weighted by atomic mass is 32.2. The molecule has 0 aliphatic rings. The van der Waals surface area contributed by atoms with Crippen molar-refractivity contribution < 1.29 is 27.7 Å². The number of sulfonamides is 1. The summed E-state index contributed by atoms with van der Waals surface area (Å²) >= 11 is 0. The van der Waals surface area contributed by atoms with Gasteiger partial charge in [-0.15, -0.1) is 0 Å². The minimum Gasteiger partial charge on any atom is -0.497 e. The fraction of sp³-hybridized carbons (Fsp3) is 0.318. The van der Waals surface area contributed by atoms with E-state index >= 15 is 0 Å². The number of nitrogens with zero attached hydrogens (tertiary/aromatic N) is 2. The topological polar surface area (TPSA) is 114 Å². The maximum absolute atomic E-state index is 13.6. The van der Waals surface area contributed by atoms with Gasteiger partial charge in [-0.1, -0.05) is 24.3 Å². The molecule has 0 spiro atoms. The minimum atomic E-state index is -3.92. The Labute approximate surface area is 187 Å². The second kappa shape index (κ2) is 11.1. The van der Waals surface area contributed by atoms with Crippen LogP contribution in [-0.2, 0) is 34.5 Å². The molecule has 3 rings (SSSR count). The van der Waals surface area contributed by atoms with Gasteiger partial charge in [0.25, 0.3) is 0 Å². The highest BCUT2D eigenvalue weighted by Gasteiger charge is 2.29.